The fourth-order valence-corrected chi connectivity index (χ4v) is 4.05. The molecule has 0 unspecified atom stereocenters. The molecule has 2 aromatic rings. The molecule has 2 aliphatic heterocycles. The number of benzene rings is 2. The Bertz CT molecular complexity index is 1000. The van der Waals surface area contributed by atoms with Crippen molar-refractivity contribution in [2.24, 2.45) is 0 Å². The molecule has 0 aliphatic carbocycles. The maximum atomic E-state index is 13.1. The number of nitriles is 1. The number of carbonyl (C=O) groups is 2. The first-order valence-corrected chi connectivity index (χ1v) is 10.7. The standard InChI is InChI=1S/C24H27N5O2/c1-16-2-5-20(12-22(16)28-24(31)27-21-14-26-15-21)23(30)29-10-8-19(9-11-29)18-6-3-17(13-25)4-7-18/h2-7,12,19,21,26H,8-11,14-15H2,1H3,(H2,27,28,31). The highest BCUT2D eigenvalue weighted by Crippen LogP contribution is 2.29. The molecule has 0 radical (unpaired) electrons. The lowest BCUT2D eigenvalue weighted by atomic mass is 9.89. The fraction of sp³-hybridized carbons (Fsp3) is 0.375. The predicted octanol–water partition coefficient (Wildman–Crippen LogP) is 2.98. The van der Waals surface area contributed by atoms with E-state index in [0.717, 1.165) is 31.5 Å². The monoisotopic (exact) mass is 417 g/mol. The van der Waals surface area contributed by atoms with Crippen LogP contribution in [-0.2, 0) is 0 Å². The summed E-state index contributed by atoms with van der Waals surface area (Å²) in [4.78, 5) is 27.1. The van der Waals surface area contributed by atoms with Crippen LogP contribution in [0.5, 0.6) is 0 Å². The molecule has 0 spiro atoms. The topological polar surface area (TPSA) is 97.3 Å². The molecule has 0 saturated carbocycles. The van der Waals surface area contributed by atoms with Gasteiger partial charge in [-0.25, -0.2) is 4.79 Å². The molecule has 0 atom stereocenters. The third kappa shape index (κ3) is 4.86. The molecule has 2 heterocycles. The van der Waals surface area contributed by atoms with Crippen molar-refractivity contribution in [1.29, 1.82) is 5.26 Å². The first-order chi connectivity index (χ1) is 15.0. The van der Waals surface area contributed by atoms with Gasteiger partial charge in [0.2, 0.25) is 0 Å². The highest BCUT2D eigenvalue weighted by molar-refractivity contribution is 5.97. The number of carbonyl (C=O) groups excluding carboxylic acids is 2. The Morgan fingerprint density at radius 2 is 1.81 bits per heavy atom. The van der Waals surface area contributed by atoms with Crippen molar-refractivity contribution in [1.82, 2.24) is 15.5 Å². The zero-order valence-electron chi connectivity index (χ0n) is 17.6. The van der Waals surface area contributed by atoms with Crippen LogP contribution in [0.3, 0.4) is 0 Å². The van der Waals surface area contributed by atoms with E-state index in [1.165, 1.54) is 5.56 Å². The van der Waals surface area contributed by atoms with E-state index in [-0.39, 0.29) is 18.0 Å². The predicted molar refractivity (Wildman–Crippen MR) is 119 cm³/mol. The van der Waals surface area contributed by atoms with Crippen molar-refractivity contribution in [3.8, 4) is 6.07 Å². The summed E-state index contributed by atoms with van der Waals surface area (Å²) in [5.74, 6) is 0.390. The van der Waals surface area contributed by atoms with Crippen LogP contribution in [0.2, 0.25) is 0 Å². The van der Waals surface area contributed by atoms with Gasteiger partial charge in [-0.05, 0) is 61.1 Å². The number of aryl methyl sites for hydroxylation is 1. The van der Waals surface area contributed by atoms with Gasteiger partial charge >= 0.3 is 6.03 Å². The minimum Gasteiger partial charge on any atom is -0.339 e. The summed E-state index contributed by atoms with van der Waals surface area (Å²) in [6.45, 7) is 4.86. The molecule has 4 rings (SSSR count). The Hall–Kier alpha value is -3.37. The molecule has 0 aromatic heterocycles. The Kier molecular flexibility index (Phi) is 6.19. The molecule has 7 heteroatoms. The Morgan fingerprint density at radius 3 is 2.42 bits per heavy atom. The van der Waals surface area contributed by atoms with Gasteiger partial charge < -0.3 is 20.9 Å². The highest BCUT2D eigenvalue weighted by Gasteiger charge is 2.25. The zero-order valence-corrected chi connectivity index (χ0v) is 17.6. The van der Waals surface area contributed by atoms with Crippen molar-refractivity contribution in [3.63, 3.8) is 0 Å². The van der Waals surface area contributed by atoms with Gasteiger partial charge in [0.15, 0.2) is 0 Å². The Labute approximate surface area is 182 Å². The molecular formula is C24H27N5O2. The van der Waals surface area contributed by atoms with Gasteiger partial charge in [-0.15, -0.1) is 0 Å². The van der Waals surface area contributed by atoms with Crippen molar-refractivity contribution in [2.45, 2.75) is 31.7 Å². The normalized spacial score (nSPS) is 16.8. The van der Waals surface area contributed by atoms with Crippen LogP contribution < -0.4 is 16.0 Å². The molecule has 7 nitrogen and oxygen atoms in total. The van der Waals surface area contributed by atoms with Gasteiger partial charge in [0.1, 0.15) is 0 Å². The summed E-state index contributed by atoms with van der Waals surface area (Å²) in [7, 11) is 0. The molecule has 160 valence electrons. The first-order valence-electron chi connectivity index (χ1n) is 10.7. The minimum atomic E-state index is -0.248. The number of hydrogen-bond donors (Lipinski definition) is 3. The number of piperidine rings is 1. The summed E-state index contributed by atoms with van der Waals surface area (Å²) in [6, 6.07) is 15.3. The summed E-state index contributed by atoms with van der Waals surface area (Å²) in [5.41, 5.74) is 4.04. The van der Waals surface area contributed by atoms with Crippen LogP contribution in [0, 0.1) is 18.3 Å². The number of hydrogen-bond acceptors (Lipinski definition) is 4. The van der Waals surface area contributed by atoms with E-state index in [9.17, 15) is 9.59 Å². The number of likely N-dealkylation sites (tertiary alicyclic amines) is 1. The number of amides is 3. The fourth-order valence-electron chi connectivity index (χ4n) is 4.05. The minimum absolute atomic E-state index is 0.00932. The number of nitrogens with zero attached hydrogens (tertiary/aromatic N) is 2. The van der Waals surface area contributed by atoms with Crippen LogP contribution >= 0.6 is 0 Å². The second-order valence-electron chi connectivity index (χ2n) is 8.28. The summed E-state index contributed by atoms with van der Waals surface area (Å²) in [5, 5.41) is 17.9. The van der Waals surface area contributed by atoms with Crippen LogP contribution in [-0.4, -0.2) is 49.1 Å². The van der Waals surface area contributed by atoms with Crippen molar-refractivity contribution in [3.05, 3.63) is 64.7 Å². The lowest BCUT2D eigenvalue weighted by Crippen LogP contribution is -2.57. The zero-order chi connectivity index (χ0) is 21.8. The maximum absolute atomic E-state index is 13.1. The van der Waals surface area contributed by atoms with Gasteiger partial charge in [-0.2, -0.15) is 5.26 Å². The average Bonchev–Trinajstić information content (AvgIpc) is 2.77. The summed E-state index contributed by atoms with van der Waals surface area (Å²) < 4.78 is 0. The number of urea groups is 1. The quantitative estimate of drug-likeness (QED) is 0.712. The van der Waals surface area contributed by atoms with Crippen LogP contribution in [0.15, 0.2) is 42.5 Å². The van der Waals surface area contributed by atoms with Crippen LogP contribution in [0.25, 0.3) is 0 Å². The first kappa shape index (κ1) is 20.9. The van der Waals surface area contributed by atoms with Crippen LogP contribution in [0.1, 0.15) is 45.8 Å². The second kappa shape index (κ2) is 9.19. The molecule has 3 N–H and O–H groups in total. The van der Waals surface area contributed by atoms with Gasteiger partial charge in [-0.1, -0.05) is 18.2 Å². The smallest absolute Gasteiger partial charge is 0.319 e. The van der Waals surface area contributed by atoms with Gasteiger partial charge in [0, 0.05) is 37.4 Å². The van der Waals surface area contributed by atoms with Gasteiger partial charge in [0.25, 0.3) is 5.91 Å². The van der Waals surface area contributed by atoms with Crippen molar-refractivity contribution < 1.29 is 9.59 Å². The third-order valence-corrected chi connectivity index (χ3v) is 6.14. The molecule has 2 aromatic carbocycles. The lowest BCUT2D eigenvalue weighted by molar-refractivity contribution is 0.0713. The molecule has 2 saturated heterocycles. The molecule has 31 heavy (non-hydrogen) atoms. The largest absolute Gasteiger partial charge is 0.339 e. The molecule has 3 amide bonds. The van der Waals surface area contributed by atoms with E-state index in [0.29, 0.717) is 35.8 Å². The lowest BCUT2D eigenvalue weighted by Gasteiger charge is -2.32. The molecule has 0 bridgehead atoms. The van der Waals surface area contributed by atoms with Gasteiger partial charge in [-0.3, -0.25) is 4.79 Å². The third-order valence-electron chi connectivity index (χ3n) is 6.14. The van der Waals surface area contributed by atoms with E-state index >= 15 is 0 Å². The number of rotatable bonds is 4. The average molecular weight is 418 g/mol. The van der Waals surface area contributed by atoms with Crippen LogP contribution in [0.4, 0.5) is 10.5 Å². The van der Waals surface area contributed by atoms with E-state index in [4.69, 9.17) is 5.26 Å². The van der Waals surface area contributed by atoms with Gasteiger partial charge in [0.05, 0.1) is 17.7 Å². The Morgan fingerprint density at radius 1 is 1.10 bits per heavy atom. The van der Waals surface area contributed by atoms with E-state index < -0.39 is 0 Å². The number of nitrogens with one attached hydrogen (secondary N) is 3. The summed E-state index contributed by atoms with van der Waals surface area (Å²) in [6.07, 6.45) is 1.79. The highest BCUT2D eigenvalue weighted by atomic mass is 16.2. The van der Waals surface area contributed by atoms with E-state index in [1.807, 2.05) is 48.2 Å². The maximum Gasteiger partial charge on any atom is 0.319 e. The van der Waals surface area contributed by atoms with E-state index in [1.54, 1.807) is 6.07 Å². The molecular weight excluding hydrogens is 390 g/mol. The molecule has 2 fully saturated rings. The SMILES string of the molecule is Cc1ccc(C(=O)N2CCC(c3ccc(C#N)cc3)CC2)cc1NC(=O)NC1CNC1. The second-order valence-corrected chi connectivity index (χ2v) is 8.28. The van der Waals surface area contributed by atoms with E-state index in [2.05, 4.69) is 22.0 Å². The number of anilines is 1. The van der Waals surface area contributed by atoms with Crippen molar-refractivity contribution in [2.75, 3.05) is 31.5 Å². The summed E-state index contributed by atoms with van der Waals surface area (Å²) >= 11 is 0. The molecule has 2 aliphatic rings. The van der Waals surface area contributed by atoms with Crippen molar-refractivity contribution >= 4 is 17.6 Å². The Balaban J connectivity index is 1.36.